The Morgan fingerprint density at radius 1 is 0.840 bits per heavy atom. The number of methoxy groups -OCH3 is 1. The van der Waals surface area contributed by atoms with Crippen molar-refractivity contribution >= 4 is 18.4 Å². The van der Waals surface area contributed by atoms with Crippen LogP contribution < -0.4 is 4.74 Å². The Morgan fingerprint density at radius 2 is 1.64 bits per heavy atom. The van der Waals surface area contributed by atoms with E-state index in [1.54, 1.807) is 13.2 Å². The SMILES string of the molecule is COc1cc(/C=C/c2cccc(-c3ccccc3)c2C)ccc1C=O. The topological polar surface area (TPSA) is 26.3 Å². The van der Waals surface area contributed by atoms with E-state index in [9.17, 15) is 4.79 Å². The highest BCUT2D eigenvalue weighted by Gasteiger charge is 2.05. The fourth-order valence-corrected chi connectivity index (χ4v) is 2.88. The molecule has 0 aliphatic carbocycles. The van der Waals surface area contributed by atoms with E-state index < -0.39 is 0 Å². The van der Waals surface area contributed by atoms with Crippen molar-refractivity contribution in [2.24, 2.45) is 0 Å². The van der Waals surface area contributed by atoms with Crippen LogP contribution in [0.3, 0.4) is 0 Å². The van der Waals surface area contributed by atoms with Crippen molar-refractivity contribution in [1.29, 1.82) is 0 Å². The van der Waals surface area contributed by atoms with Gasteiger partial charge in [-0.2, -0.15) is 0 Å². The van der Waals surface area contributed by atoms with Gasteiger partial charge in [-0.05, 0) is 46.9 Å². The van der Waals surface area contributed by atoms with Crippen molar-refractivity contribution in [3.8, 4) is 16.9 Å². The largest absolute Gasteiger partial charge is 0.496 e. The first-order chi connectivity index (χ1) is 12.2. The molecule has 3 aromatic rings. The molecule has 0 N–H and O–H groups in total. The molecule has 0 fully saturated rings. The van der Waals surface area contributed by atoms with E-state index in [1.807, 2.05) is 24.3 Å². The van der Waals surface area contributed by atoms with Gasteiger partial charge in [-0.15, -0.1) is 0 Å². The zero-order valence-corrected chi connectivity index (χ0v) is 14.4. The van der Waals surface area contributed by atoms with Crippen molar-refractivity contribution in [2.75, 3.05) is 7.11 Å². The van der Waals surface area contributed by atoms with Crippen LogP contribution in [0.15, 0.2) is 66.7 Å². The van der Waals surface area contributed by atoms with Crippen LogP contribution in [0, 0.1) is 6.92 Å². The third-order valence-corrected chi connectivity index (χ3v) is 4.30. The molecular formula is C23H20O2. The zero-order valence-electron chi connectivity index (χ0n) is 14.4. The Kier molecular flexibility index (Phi) is 5.10. The molecule has 0 aliphatic heterocycles. The lowest BCUT2D eigenvalue weighted by Gasteiger charge is -2.09. The molecule has 0 atom stereocenters. The minimum Gasteiger partial charge on any atom is -0.496 e. The summed E-state index contributed by atoms with van der Waals surface area (Å²) >= 11 is 0. The lowest BCUT2D eigenvalue weighted by atomic mass is 9.96. The molecule has 0 heterocycles. The van der Waals surface area contributed by atoms with Crippen LogP contribution in [-0.2, 0) is 0 Å². The van der Waals surface area contributed by atoms with Gasteiger partial charge in [-0.3, -0.25) is 4.79 Å². The molecule has 0 unspecified atom stereocenters. The number of hydrogen-bond donors (Lipinski definition) is 0. The van der Waals surface area contributed by atoms with E-state index in [0.717, 1.165) is 11.8 Å². The molecule has 0 radical (unpaired) electrons. The molecule has 0 aliphatic rings. The van der Waals surface area contributed by atoms with Crippen molar-refractivity contribution in [1.82, 2.24) is 0 Å². The fourth-order valence-electron chi connectivity index (χ4n) is 2.88. The van der Waals surface area contributed by atoms with Crippen LogP contribution in [0.1, 0.15) is 27.0 Å². The Hall–Kier alpha value is -3.13. The van der Waals surface area contributed by atoms with Gasteiger partial charge in [0.1, 0.15) is 5.75 Å². The van der Waals surface area contributed by atoms with Crippen LogP contribution in [0.25, 0.3) is 23.3 Å². The second-order valence-corrected chi connectivity index (χ2v) is 5.84. The average Bonchev–Trinajstić information content (AvgIpc) is 2.67. The monoisotopic (exact) mass is 328 g/mol. The van der Waals surface area contributed by atoms with E-state index in [-0.39, 0.29) is 0 Å². The smallest absolute Gasteiger partial charge is 0.153 e. The molecule has 0 saturated heterocycles. The number of carbonyl (C=O) groups is 1. The third kappa shape index (κ3) is 3.69. The predicted molar refractivity (Wildman–Crippen MR) is 104 cm³/mol. The van der Waals surface area contributed by atoms with Gasteiger partial charge in [-0.25, -0.2) is 0 Å². The first-order valence-electron chi connectivity index (χ1n) is 8.19. The first kappa shape index (κ1) is 16.7. The Morgan fingerprint density at radius 3 is 2.36 bits per heavy atom. The Bertz CT molecular complexity index is 909. The molecular weight excluding hydrogens is 308 g/mol. The maximum absolute atomic E-state index is 11.0. The minimum atomic E-state index is 0.557. The van der Waals surface area contributed by atoms with Gasteiger partial charge in [0, 0.05) is 0 Å². The maximum Gasteiger partial charge on any atom is 0.153 e. The van der Waals surface area contributed by atoms with Gasteiger partial charge in [0.25, 0.3) is 0 Å². The lowest BCUT2D eigenvalue weighted by molar-refractivity contribution is 0.112. The van der Waals surface area contributed by atoms with Crippen LogP contribution in [0.2, 0.25) is 0 Å². The molecule has 0 spiro atoms. The summed E-state index contributed by atoms with van der Waals surface area (Å²) < 4.78 is 5.26. The van der Waals surface area contributed by atoms with E-state index in [1.165, 1.54) is 22.3 Å². The van der Waals surface area contributed by atoms with Crippen LogP contribution in [-0.4, -0.2) is 13.4 Å². The summed E-state index contributed by atoms with van der Waals surface area (Å²) in [5, 5.41) is 0. The van der Waals surface area contributed by atoms with Gasteiger partial charge in [0.2, 0.25) is 0 Å². The number of aldehydes is 1. The van der Waals surface area contributed by atoms with E-state index >= 15 is 0 Å². The zero-order chi connectivity index (χ0) is 17.6. The molecule has 2 nitrogen and oxygen atoms in total. The number of benzene rings is 3. The van der Waals surface area contributed by atoms with Crippen molar-refractivity contribution in [3.05, 3.63) is 89.0 Å². The summed E-state index contributed by atoms with van der Waals surface area (Å²) in [7, 11) is 1.57. The molecule has 124 valence electrons. The Balaban J connectivity index is 1.93. The van der Waals surface area contributed by atoms with Crippen molar-refractivity contribution in [2.45, 2.75) is 6.92 Å². The lowest BCUT2D eigenvalue weighted by Crippen LogP contribution is -1.90. The van der Waals surface area contributed by atoms with E-state index in [0.29, 0.717) is 11.3 Å². The van der Waals surface area contributed by atoms with Gasteiger partial charge >= 0.3 is 0 Å². The Labute approximate surface area is 148 Å². The second-order valence-electron chi connectivity index (χ2n) is 5.84. The van der Waals surface area contributed by atoms with E-state index in [2.05, 4.69) is 55.5 Å². The summed E-state index contributed by atoms with van der Waals surface area (Å²) in [4.78, 5) is 11.0. The molecule has 0 bridgehead atoms. The van der Waals surface area contributed by atoms with Gasteiger partial charge in [0.15, 0.2) is 6.29 Å². The summed E-state index contributed by atoms with van der Waals surface area (Å²) in [6.45, 7) is 2.14. The van der Waals surface area contributed by atoms with Crippen molar-refractivity contribution in [3.63, 3.8) is 0 Å². The normalized spacial score (nSPS) is 10.8. The molecule has 0 saturated carbocycles. The molecule has 0 aromatic heterocycles. The number of rotatable bonds is 5. The van der Waals surface area contributed by atoms with Crippen LogP contribution in [0.4, 0.5) is 0 Å². The summed E-state index contributed by atoms with van der Waals surface area (Å²) in [6, 6.07) is 22.3. The third-order valence-electron chi connectivity index (χ3n) is 4.30. The van der Waals surface area contributed by atoms with Gasteiger partial charge in [0.05, 0.1) is 12.7 Å². The molecule has 3 aromatic carbocycles. The predicted octanol–water partition coefficient (Wildman–Crippen LogP) is 5.65. The first-order valence-corrected chi connectivity index (χ1v) is 8.19. The minimum absolute atomic E-state index is 0.557. The molecule has 2 heteroatoms. The summed E-state index contributed by atoms with van der Waals surface area (Å²) in [6.07, 6.45) is 4.94. The number of ether oxygens (including phenoxy) is 1. The van der Waals surface area contributed by atoms with E-state index in [4.69, 9.17) is 4.74 Å². The summed E-state index contributed by atoms with van der Waals surface area (Å²) in [5.74, 6) is 0.590. The van der Waals surface area contributed by atoms with Crippen LogP contribution >= 0.6 is 0 Å². The molecule has 0 amide bonds. The van der Waals surface area contributed by atoms with Crippen LogP contribution in [0.5, 0.6) is 5.75 Å². The molecule has 3 rings (SSSR count). The average molecular weight is 328 g/mol. The highest BCUT2D eigenvalue weighted by atomic mass is 16.5. The van der Waals surface area contributed by atoms with Gasteiger partial charge < -0.3 is 4.74 Å². The van der Waals surface area contributed by atoms with Crippen molar-refractivity contribution < 1.29 is 9.53 Å². The maximum atomic E-state index is 11.0. The highest BCUT2D eigenvalue weighted by molar-refractivity contribution is 5.82. The second kappa shape index (κ2) is 7.63. The highest BCUT2D eigenvalue weighted by Crippen LogP contribution is 2.27. The fraction of sp³-hybridized carbons (Fsp3) is 0.0870. The quantitative estimate of drug-likeness (QED) is 0.446. The molecule has 25 heavy (non-hydrogen) atoms. The number of hydrogen-bond acceptors (Lipinski definition) is 2. The standard InChI is InChI=1S/C23H20O2/c1-17-19(9-6-10-22(17)20-7-4-3-5-8-20)13-11-18-12-14-21(16-24)23(15-18)25-2/h3-16H,1-2H3/b13-11+. The number of carbonyl (C=O) groups excluding carboxylic acids is 1. The van der Waals surface area contributed by atoms with Gasteiger partial charge in [-0.1, -0.05) is 66.7 Å². The summed E-state index contributed by atoms with van der Waals surface area (Å²) in [5.41, 5.74) is 6.40.